The highest BCUT2D eigenvalue weighted by Gasteiger charge is 2.20. The van der Waals surface area contributed by atoms with Crippen molar-refractivity contribution < 1.29 is 23.4 Å². The van der Waals surface area contributed by atoms with E-state index in [1.807, 2.05) is 12.1 Å². The Morgan fingerprint density at radius 2 is 1.70 bits per heavy atom. The predicted octanol–water partition coefficient (Wildman–Crippen LogP) is 3.96. The molecule has 4 nitrogen and oxygen atoms in total. The normalized spacial score (nSPS) is 11.4. The van der Waals surface area contributed by atoms with E-state index in [2.05, 4.69) is 0 Å². The molecule has 23 heavy (non-hydrogen) atoms. The van der Waals surface area contributed by atoms with E-state index in [1.165, 1.54) is 20.3 Å². The predicted molar refractivity (Wildman–Crippen MR) is 87.3 cm³/mol. The van der Waals surface area contributed by atoms with Gasteiger partial charge in [-0.15, -0.1) is 0 Å². The number of hydrogen-bond donors (Lipinski definition) is 0. The van der Waals surface area contributed by atoms with Gasteiger partial charge in [0.05, 0.1) is 26.4 Å². The molecule has 0 unspecified atom stereocenters. The molecule has 0 radical (unpaired) electrons. The molecule has 2 aromatic carbocycles. The molecule has 0 N–H and O–H groups in total. The van der Waals surface area contributed by atoms with Crippen molar-refractivity contribution >= 4 is 22.8 Å². The minimum Gasteiger partial charge on any atom is -0.495 e. The van der Waals surface area contributed by atoms with Gasteiger partial charge in [0.2, 0.25) is 0 Å². The van der Waals surface area contributed by atoms with Crippen LogP contribution in [0.1, 0.15) is 19.4 Å². The van der Waals surface area contributed by atoms with Crippen molar-refractivity contribution in [1.82, 2.24) is 0 Å². The molecular formula is C18H19FO4. The van der Waals surface area contributed by atoms with Crippen molar-refractivity contribution in [3.8, 4) is 11.5 Å². The first kappa shape index (κ1) is 16.8. The van der Waals surface area contributed by atoms with Crippen molar-refractivity contribution in [3.05, 3.63) is 41.2 Å². The van der Waals surface area contributed by atoms with E-state index in [-0.39, 0.29) is 23.5 Å². The van der Waals surface area contributed by atoms with Crippen molar-refractivity contribution in [1.29, 1.82) is 0 Å². The zero-order chi connectivity index (χ0) is 17.0. The van der Waals surface area contributed by atoms with Gasteiger partial charge in [-0.3, -0.25) is 0 Å². The highest BCUT2D eigenvalue weighted by atomic mass is 19.1. The molecule has 0 saturated heterocycles. The van der Waals surface area contributed by atoms with Gasteiger partial charge < -0.3 is 14.2 Å². The van der Waals surface area contributed by atoms with Crippen molar-refractivity contribution in [2.75, 3.05) is 20.8 Å². The summed E-state index contributed by atoms with van der Waals surface area (Å²) in [5.41, 5.74) is 0.440. The van der Waals surface area contributed by atoms with Gasteiger partial charge in [0.15, 0.2) is 11.6 Å². The lowest BCUT2D eigenvalue weighted by Crippen LogP contribution is -2.06. The SMILES string of the molecule is CCOC(=O)/C(C)=C\c1c(F)c(OC)c2ccccc2c1OC. The zero-order valence-corrected chi connectivity index (χ0v) is 13.6. The molecular weight excluding hydrogens is 299 g/mol. The number of methoxy groups -OCH3 is 2. The number of carbonyl (C=O) groups excluding carboxylic acids is 1. The summed E-state index contributed by atoms with van der Waals surface area (Å²) in [7, 11) is 2.87. The van der Waals surface area contributed by atoms with Crippen LogP contribution in [0.25, 0.3) is 16.8 Å². The summed E-state index contributed by atoms with van der Waals surface area (Å²) < 4.78 is 30.4. The first-order valence-corrected chi connectivity index (χ1v) is 7.22. The average molecular weight is 318 g/mol. The lowest BCUT2D eigenvalue weighted by Gasteiger charge is -2.15. The van der Waals surface area contributed by atoms with Gasteiger partial charge in [-0.25, -0.2) is 9.18 Å². The third-order valence-electron chi connectivity index (χ3n) is 3.46. The number of benzene rings is 2. The van der Waals surface area contributed by atoms with Crippen LogP contribution in [0.15, 0.2) is 29.8 Å². The van der Waals surface area contributed by atoms with Gasteiger partial charge in [0, 0.05) is 16.3 Å². The molecule has 0 atom stereocenters. The van der Waals surface area contributed by atoms with E-state index in [0.29, 0.717) is 16.5 Å². The summed E-state index contributed by atoms with van der Waals surface area (Å²) >= 11 is 0. The Morgan fingerprint density at radius 1 is 1.13 bits per heavy atom. The zero-order valence-electron chi connectivity index (χ0n) is 13.6. The lowest BCUT2D eigenvalue weighted by atomic mass is 10.0. The quantitative estimate of drug-likeness (QED) is 0.618. The van der Waals surface area contributed by atoms with Crippen LogP contribution in [0.2, 0.25) is 0 Å². The van der Waals surface area contributed by atoms with E-state index >= 15 is 0 Å². The second kappa shape index (κ2) is 7.13. The van der Waals surface area contributed by atoms with Crippen molar-refractivity contribution in [2.45, 2.75) is 13.8 Å². The van der Waals surface area contributed by atoms with Crippen LogP contribution in [0.5, 0.6) is 11.5 Å². The summed E-state index contributed by atoms with van der Waals surface area (Å²) in [4.78, 5) is 11.8. The van der Waals surface area contributed by atoms with E-state index in [9.17, 15) is 9.18 Å². The molecule has 0 saturated carbocycles. The molecule has 0 aliphatic rings. The number of fused-ring (bicyclic) bond motifs is 1. The molecule has 0 aromatic heterocycles. The third kappa shape index (κ3) is 3.13. The second-order valence-corrected chi connectivity index (χ2v) is 4.89. The van der Waals surface area contributed by atoms with Crippen LogP contribution >= 0.6 is 0 Å². The molecule has 0 aliphatic heterocycles. The fourth-order valence-electron chi connectivity index (χ4n) is 2.43. The molecule has 0 amide bonds. The Kier molecular flexibility index (Phi) is 5.21. The van der Waals surface area contributed by atoms with Crippen LogP contribution in [0.4, 0.5) is 4.39 Å². The minimum atomic E-state index is -0.577. The number of esters is 1. The topological polar surface area (TPSA) is 44.8 Å². The van der Waals surface area contributed by atoms with Crippen LogP contribution in [-0.2, 0) is 9.53 Å². The summed E-state index contributed by atoms with van der Waals surface area (Å²) in [6.45, 7) is 3.54. The molecule has 122 valence electrons. The maximum Gasteiger partial charge on any atom is 0.333 e. The van der Waals surface area contributed by atoms with Gasteiger partial charge >= 0.3 is 5.97 Å². The van der Waals surface area contributed by atoms with Crippen molar-refractivity contribution in [3.63, 3.8) is 0 Å². The highest BCUT2D eigenvalue weighted by molar-refractivity contribution is 5.99. The van der Waals surface area contributed by atoms with E-state index in [1.54, 1.807) is 26.0 Å². The molecule has 0 heterocycles. The number of rotatable bonds is 5. The van der Waals surface area contributed by atoms with E-state index in [4.69, 9.17) is 14.2 Å². The lowest BCUT2D eigenvalue weighted by molar-refractivity contribution is -0.138. The van der Waals surface area contributed by atoms with Gasteiger partial charge in [0.1, 0.15) is 5.75 Å². The molecule has 0 spiro atoms. The first-order valence-electron chi connectivity index (χ1n) is 7.22. The standard InChI is InChI=1S/C18H19FO4/c1-5-23-18(20)11(2)10-14-15(19)17(22-4)13-9-7-6-8-12(13)16(14)21-3/h6-10H,5H2,1-4H3/b11-10-. The maximum absolute atomic E-state index is 14.9. The summed E-state index contributed by atoms with van der Waals surface area (Å²) in [5, 5.41) is 1.31. The fraction of sp³-hybridized carbons (Fsp3) is 0.278. The molecule has 0 aliphatic carbocycles. The van der Waals surface area contributed by atoms with Gasteiger partial charge in [0.25, 0.3) is 0 Å². The largest absolute Gasteiger partial charge is 0.495 e. The Morgan fingerprint density at radius 3 is 2.22 bits per heavy atom. The third-order valence-corrected chi connectivity index (χ3v) is 3.46. The number of carbonyl (C=O) groups is 1. The summed E-state index contributed by atoms with van der Waals surface area (Å²) in [5.74, 6) is -0.611. The van der Waals surface area contributed by atoms with E-state index < -0.39 is 11.8 Å². The number of ether oxygens (including phenoxy) is 3. The number of hydrogen-bond acceptors (Lipinski definition) is 4. The fourth-order valence-corrected chi connectivity index (χ4v) is 2.43. The average Bonchev–Trinajstić information content (AvgIpc) is 2.56. The van der Waals surface area contributed by atoms with Crippen LogP contribution in [-0.4, -0.2) is 26.8 Å². The monoisotopic (exact) mass is 318 g/mol. The van der Waals surface area contributed by atoms with Gasteiger partial charge in [-0.2, -0.15) is 0 Å². The van der Waals surface area contributed by atoms with Gasteiger partial charge in [-0.05, 0) is 19.9 Å². The minimum absolute atomic E-state index is 0.115. The van der Waals surface area contributed by atoms with Crippen LogP contribution in [0.3, 0.4) is 0 Å². The molecule has 5 heteroatoms. The molecule has 2 aromatic rings. The molecule has 0 bridgehead atoms. The molecule has 2 rings (SSSR count). The Hall–Kier alpha value is -2.56. The van der Waals surface area contributed by atoms with Gasteiger partial charge in [-0.1, -0.05) is 24.3 Å². The summed E-state index contributed by atoms with van der Waals surface area (Å²) in [6.07, 6.45) is 1.42. The Balaban J connectivity index is 2.75. The molecule has 0 fully saturated rings. The first-order chi connectivity index (χ1) is 11.0. The van der Waals surface area contributed by atoms with E-state index in [0.717, 1.165) is 0 Å². The Labute approximate surface area is 134 Å². The highest BCUT2D eigenvalue weighted by Crippen LogP contribution is 2.40. The van der Waals surface area contributed by atoms with Crippen LogP contribution in [0, 0.1) is 5.82 Å². The second-order valence-electron chi connectivity index (χ2n) is 4.89. The summed E-state index contributed by atoms with van der Waals surface area (Å²) in [6, 6.07) is 7.19. The maximum atomic E-state index is 14.9. The van der Waals surface area contributed by atoms with Crippen LogP contribution < -0.4 is 9.47 Å². The Bertz CT molecular complexity index is 765. The number of halogens is 1. The van der Waals surface area contributed by atoms with Crippen molar-refractivity contribution in [2.24, 2.45) is 0 Å². The smallest absolute Gasteiger partial charge is 0.333 e.